The summed E-state index contributed by atoms with van der Waals surface area (Å²) in [4.78, 5) is 33.3. The Kier molecular flexibility index (Phi) is 5.55. The Morgan fingerprint density at radius 1 is 1.35 bits per heavy atom. The summed E-state index contributed by atoms with van der Waals surface area (Å²) in [6.45, 7) is 7.64. The van der Waals surface area contributed by atoms with Gasteiger partial charge in [0.15, 0.2) is 0 Å². The second-order valence-corrected chi connectivity index (χ2v) is 7.70. The van der Waals surface area contributed by atoms with Gasteiger partial charge in [-0.1, -0.05) is 43.7 Å². The first-order valence-corrected chi connectivity index (χ1v) is 9.38. The third-order valence-corrected chi connectivity index (χ3v) is 4.87. The smallest absolute Gasteiger partial charge is 0.337 e. The maximum atomic E-state index is 12.9. The Morgan fingerprint density at radius 2 is 2.15 bits per heavy atom. The summed E-state index contributed by atoms with van der Waals surface area (Å²) in [6.07, 6.45) is 2.77. The number of hydrogen-bond acceptors (Lipinski definition) is 3. The van der Waals surface area contributed by atoms with E-state index in [4.69, 9.17) is 0 Å². The summed E-state index contributed by atoms with van der Waals surface area (Å²) in [5, 5.41) is 0. The molecule has 1 atom stereocenters. The van der Waals surface area contributed by atoms with Crippen molar-refractivity contribution < 1.29 is 4.79 Å². The summed E-state index contributed by atoms with van der Waals surface area (Å²) in [6, 6.07) is 10.2. The van der Waals surface area contributed by atoms with E-state index in [1.54, 1.807) is 6.07 Å². The SMILES string of the molecule is Cc1cccc([C@H]2CCCN(C(=O)c3cc(CC(C)C)[nH]c(=O)n3)C2)c1. The summed E-state index contributed by atoms with van der Waals surface area (Å²) in [7, 11) is 0. The topological polar surface area (TPSA) is 66.1 Å². The summed E-state index contributed by atoms with van der Waals surface area (Å²) < 4.78 is 0. The molecule has 1 fully saturated rings. The van der Waals surface area contributed by atoms with Crippen molar-refractivity contribution in [1.82, 2.24) is 14.9 Å². The zero-order valence-electron chi connectivity index (χ0n) is 15.8. The predicted molar refractivity (Wildman–Crippen MR) is 102 cm³/mol. The van der Waals surface area contributed by atoms with Gasteiger partial charge in [-0.3, -0.25) is 4.79 Å². The lowest BCUT2D eigenvalue weighted by atomic mass is 9.89. The molecule has 26 heavy (non-hydrogen) atoms. The Balaban J connectivity index is 1.79. The highest BCUT2D eigenvalue weighted by atomic mass is 16.2. The van der Waals surface area contributed by atoms with E-state index in [9.17, 15) is 9.59 Å². The molecule has 0 radical (unpaired) electrons. The second kappa shape index (κ2) is 7.85. The Hall–Kier alpha value is -2.43. The number of benzene rings is 1. The van der Waals surface area contributed by atoms with E-state index in [2.05, 4.69) is 55.0 Å². The number of aromatic nitrogens is 2. The number of amides is 1. The fourth-order valence-electron chi connectivity index (χ4n) is 3.69. The molecular weight excluding hydrogens is 326 g/mol. The maximum absolute atomic E-state index is 12.9. The van der Waals surface area contributed by atoms with Gasteiger partial charge in [0, 0.05) is 24.7 Å². The van der Waals surface area contributed by atoms with Crippen LogP contribution in [0.3, 0.4) is 0 Å². The van der Waals surface area contributed by atoms with Crippen LogP contribution in [0.4, 0.5) is 0 Å². The van der Waals surface area contributed by atoms with Gasteiger partial charge in [0.2, 0.25) is 0 Å². The average Bonchev–Trinajstić information content (AvgIpc) is 2.60. The van der Waals surface area contributed by atoms with Crippen molar-refractivity contribution in [3.63, 3.8) is 0 Å². The van der Waals surface area contributed by atoms with Crippen LogP contribution in [0, 0.1) is 12.8 Å². The highest BCUT2D eigenvalue weighted by Gasteiger charge is 2.26. The third-order valence-electron chi connectivity index (χ3n) is 4.87. The first-order valence-electron chi connectivity index (χ1n) is 9.38. The molecular formula is C21H27N3O2. The lowest BCUT2D eigenvalue weighted by Crippen LogP contribution is -2.40. The number of hydrogen-bond donors (Lipinski definition) is 1. The molecule has 5 heteroatoms. The van der Waals surface area contributed by atoms with Crippen LogP contribution < -0.4 is 5.69 Å². The Labute approximate surface area is 154 Å². The van der Waals surface area contributed by atoms with Crippen LogP contribution in [0.2, 0.25) is 0 Å². The lowest BCUT2D eigenvalue weighted by Gasteiger charge is -2.33. The van der Waals surface area contributed by atoms with E-state index >= 15 is 0 Å². The number of likely N-dealkylation sites (tertiary alicyclic amines) is 1. The molecule has 138 valence electrons. The van der Waals surface area contributed by atoms with Crippen molar-refractivity contribution in [3.8, 4) is 0 Å². The molecule has 5 nitrogen and oxygen atoms in total. The van der Waals surface area contributed by atoms with E-state index in [0.717, 1.165) is 31.5 Å². The van der Waals surface area contributed by atoms with Gasteiger partial charge in [-0.15, -0.1) is 0 Å². The number of carbonyl (C=O) groups is 1. The van der Waals surface area contributed by atoms with E-state index in [1.165, 1.54) is 11.1 Å². The number of nitrogens with zero attached hydrogens (tertiary/aromatic N) is 2. The monoisotopic (exact) mass is 353 g/mol. The number of piperidine rings is 1. The third kappa shape index (κ3) is 4.40. The lowest BCUT2D eigenvalue weighted by molar-refractivity contribution is 0.0700. The number of carbonyl (C=O) groups excluding carboxylic acids is 1. The molecule has 1 amide bonds. The number of aryl methyl sites for hydroxylation is 1. The Bertz CT molecular complexity index is 841. The molecule has 1 aliphatic heterocycles. The van der Waals surface area contributed by atoms with Crippen LogP contribution in [0.5, 0.6) is 0 Å². The second-order valence-electron chi connectivity index (χ2n) is 7.70. The molecule has 0 unspecified atom stereocenters. The van der Waals surface area contributed by atoms with Crippen LogP contribution in [0.1, 0.15) is 59.9 Å². The molecule has 1 saturated heterocycles. The average molecular weight is 353 g/mol. The fraction of sp³-hybridized carbons (Fsp3) is 0.476. The molecule has 0 saturated carbocycles. The minimum atomic E-state index is -0.446. The highest BCUT2D eigenvalue weighted by molar-refractivity contribution is 5.92. The molecule has 1 N–H and O–H groups in total. The van der Waals surface area contributed by atoms with Gasteiger partial charge < -0.3 is 9.88 Å². The number of H-pyrrole nitrogens is 1. The molecule has 2 aromatic rings. The predicted octanol–water partition coefficient (Wildman–Crippen LogP) is 3.30. The standard InChI is InChI=1S/C21H27N3O2/c1-14(2)10-18-12-19(23-21(26)22-18)20(25)24-9-5-8-17(13-24)16-7-4-6-15(3)11-16/h4,6-7,11-12,14,17H,5,8-10,13H2,1-3H3,(H,22,23,26)/t17-/m0/s1. The van der Waals surface area contributed by atoms with Crippen molar-refractivity contribution in [2.45, 2.75) is 46.0 Å². The zero-order valence-corrected chi connectivity index (χ0v) is 15.8. The molecule has 1 aromatic carbocycles. The van der Waals surface area contributed by atoms with E-state index < -0.39 is 5.69 Å². The minimum absolute atomic E-state index is 0.140. The molecule has 1 aromatic heterocycles. The van der Waals surface area contributed by atoms with Gasteiger partial charge in [-0.05, 0) is 43.7 Å². The van der Waals surface area contributed by atoms with Gasteiger partial charge in [0.1, 0.15) is 5.69 Å². The van der Waals surface area contributed by atoms with Crippen molar-refractivity contribution in [3.05, 3.63) is 63.3 Å². The van der Waals surface area contributed by atoms with Crippen molar-refractivity contribution in [1.29, 1.82) is 0 Å². The van der Waals surface area contributed by atoms with Gasteiger partial charge >= 0.3 is 5.69 Å². The Morgan fingerprint density at radius 3 is 2.88 bits per heavy atom. The molecule has 1 aliphatic rings. The van der Waals surface area contributed by atoms with E-state index in [1.807, 2.05) is 4.90 Å². The number of rotatable bonds is 4. The minimum Gasteiger partial charge on any atom is -0.337 e. The fourth-order valence-corrected chi connectivity index (χ4v) is 3.69. The molecule has 0 aliphatic carbocycles. The highest BCUT2D eigenvalue weighted by Crippen LogP contribution is 2.28. The molecule has 0 bridgehead atoms. The summed E-state index contributed by atoms with van der Waals surface area (Å²) in [5.41, 5.74) is 3.10. The first-order chi connectivity index (χ1) is 12.4. The largest absolute Gasteiger partial charge is 0.345 e. The summed E-state index contributed by atoms with van der Waals surface area (Å²) >= 11 is 0. The number of aromatic amines is 1. The van der Waals surface area contributed by atoms with Gasteiger partial charge in [0.25, 0.3) is 5.91 Å². The van der Waals surface area contributed by atoms with Crippen molar-refractivity contribution >= 4 is 5.91 Å². The van der Waals surface area contributed by atoms with Gasteiger partial charge in [-0.25, -0.2) is 4.79 Å². The summed E-state index contributed by atoms with van der Waals surface area (Å²) in [5.74, 6) is 0.597. The zero-order chi connectivity index (χ0) is 18.7. The quantitative estimate of drug-likeness (QED) is 0.917. The molecule has 3 rings (SSSR count). The molecule has 2 heterocycles. The van der Waals surface area contributed by atoms with Crippen LogP contribution in [-0.4, -0.2) is 33.9 Å². The van der Waals surface area contributed by atoms with Gasteiger partial charge in [0.05, 0.1) is 0 Å². The van der Waals surface area contributed by atoms with Crippen molar-refractivity contribution in [2.24, 2.45) is 5.92 Å². The van der Waals surface area contributed by atoms with Gasteiger partial charge in [-0.2, -0.15) is 4.98 Å². The number of nitrogens with one attached hydrogen (secondary N) is 1. The normalized spacial score (nSPS) is 17.5. The van der Waals surface area contributed by atoms with Crippen LogP contribution in [-0.2, 0) is 6.42 Å². The first kappa shape index (κ1) is 18.4. The van der Waals surface area contributed by atoms with E-state index in [0.29, 0.717) is 18.4 Å². The van der Waals surface area contributed by atoms with E-state index in [-0.39, 0.29) is 11.6 Å². The van der Waals surface area contributed by atoms with Crippen LogP contribution in [0.15, 0.2) is 35.1 Å². The molecule has 0 spiro atoms. The van der Waals surface area contributed by atoms with Crippen LogP contribution in [0.25, 0.3) is 0 Å². The van der Waals surface area contributed by atoms with Crippen molar-refractivity contribution in [2.75, 3.05) is 13.1 Å². The van der Waals surface area contributed by atoms with Crippen LogP contribution >= 0.6 is 0 Å². The maximum Gasteiger partial charge on any atom is 0.345 e.